The monoisotopic (exact) mass is 254 g/mol. The zero-order valence-electron chi connectivity index (χ0n) is 10.6. The van der Waals surface area contributed by atoms with Crippen molar-refractivity contribution >= 4 is 23.5 Å². The lowest BCUT2D eigenvalue weighted by Crippen LogP contribution is -2.27. The SMILES string of the molecule is CSC(C)(C)CNc1nccc(C)c1C(=O)O. The molecule has 5 heteroatoms. The van der Waals surface area contributed by atoms with Gasteiger partial charge in [-0.25, -0.2) is 9.78 Å². The van der Waals surface area contributed by atoms with Crippen molar-refractivity contribution in [3.8, 4) is 0 Å². The molecule has 0 aliphatic rings. The van der Waals surface area contributed by atoms with Crippen LogP contribution < -0.4 is 5.32 Å². The highest BCUT2D eigenvalue weighted by Gasteiger charge is 2.19. The van der Waals surface area contributed by atoms with Gasteiger partial charge in [-0.3, -0.25) is 0 Å². The Balaban J connectivity index is 2.92. The maximum absolute atomic E-state index is 11.2. The van der Waals surface area contributed by atoms with Gasteiger partial charge in [-0.1, -0.05) is 0 Å². The number of hydrogen-bond acceptors (Lipinski definition) is 4. The van der Waals surface area contributed by atoms with E-state index in [2.05, 4.69) is 24.1 Å². The number of carbonyl (C=O) groups is 1. The molecule has 0 aromatic carbocycles. The summed E-state index contributed by atoms with van der Waals surface area (Å²) in [4.78, 5) is 15.2. The van der Waals surface area contributed by atoms with Gasteiger partial charge in [-0.2, -0.15) is 11.8 Å². The van der Waals surface area contributed by atoms with Crippen molar-refractivity contribution in [1.82, 2.24) is 4.98 Å². The van der Waals surface area contributed by atoms with Crippen LogP contribution in [0.1, 0.15) is 29.8 Å². The van der Waals surface area contributed by atoms with Gasteiger partial charge < -0.3 is 10.4 Å². The number of pyridine rings is 1. The van der Waals surface area contributed by atoms with Gasteiger partial charge >= 0.3 is 5.97 Å². The second-order valence-electron chi connectivity index (χ2n) is 4.47. The zero-order chi connectivity index (χ0) is 13.1. The number of nitrogens with zero attached hydrogens (tertiary/aromatic N) is 1. The summed E-state index contributed by atoms with van der Waals surface area (Å²) in [7, 11) is 0. The molecule has 1 heterocycles. The van der Waals surface area contributed by atoms with E-state index in [4.69, 9.17) is 5.11 Å². The molecular formula is C12H18N2O2S. The summed E-state index contributed by atoms with van der Waals surface area (Å²) < 4.78 is 0.0429. The smallest absolute Gasteiger partial charge is 0.339 e. The topological polar surface area (TPSA) is 62.2 Å². The summed E-state index contributed by atoms with van der Waals surface area (Å²) >= 11 is 1.73. The molecule has 1 rings (SSSR count). The van der Waals surface area contributed by atoms with Gasteiger partial charge in [0, 0.05) is 17.5 Å². The molecule has 0 amide bonds. The van der Waals surface area contributed by atoms with Gasteiger partial charge in [0.1, 0.15) is 11.4 Å². The van der Waals surface area contributed by atoms with Crippen LogP contribution in [0.3, 0.4) is 0 Å². The molecule has 1 aromatic heterocycles. The summed E-state index contributed by atoms with van der Waals surface area (Å²) in [6.45, 7) is 6.64. The van der Waals surface area contributed by atoms with Crippen LogP contribution in [0.25, 0.3) is 0 Å². The number of aryl methyl sites for hydroxylation is 1. The first-order valence-corrected chi connectivity index (χ1v) is 6.58. The Morgan fingerprint density at radius 3 is 2.76 bits per heavy atom. The van der Waals surface area contributed by atoms with Gasteiger partial charge in [-0.15, -0.1) is 0 Å². The molecule has 4 nitrogen and oxygen atoms in total. The average molecular weight is 254 g/mol. The first-order valence-electron chi connectivity index (χ1n) is 5.35. The lowest BCUT2D eigenvalue weighted by atomic mass is 10.1. The molecular weight excluding hydrogens is 236 g/mol. The average Bonchev–Trinajstić information content (AvgIpc) is 2.26. The van der Waals surface area contributed by atoms with Crippen molar-refractivity contribution in [3.05, 3.63) is 23.4 Å². The van der Waals surface area contributed by atoms with Gasteiger partial charge in [0.25, 0.3) is 0 Å². The number of nitrogens with one attached hydrogen (secondary N) is 1. The molecule has 0 saturated heterocycles. The molecule has 17 heavy (non-hydrogen) atoms. The maximum atomic E-state index is 11.2. The standard InChI is InChI=1S/C12H18N2O2S/c1-8-5-6-13-10(9(8)11(15)16)14-7-12(2,3)17-4/h5-6H,7H2,1-4H3,(H,13,14)(H,15,16). The number of carboxylic acids is 1. The van der Waals surface area contributed by atoms with Crippen molar-refractivity contribution in [1.29, 1.82) is 0 Å². The van der Waals surface area contributed by atoms with Gasteiger partial charge in [0.2, 0.25) is 0 Å². The minimum Gasteiger partial charge on any atom is -0.478 e. The lowest BCUT2D eigenvalue weighted by Gasteiger charge is -2.23. The van der Waals surface area contributed by atoms with E-state index in [1.807, 2.05) is 6.26 Å². The largest absolute Gasteiger partial charge is 0.478 e. The summed E-state index contributed by atoms with van der Waals surface area (Å²) in [6.07, 6.45) is 3.65. The number of anilines is 1. The molecule has 2 N–H and O–H groups in total. The predicted molar refractivity (Wildman–Crippen MR) is 72.0 cm³/mol. The molecule has 0 aliphatic heterocycles. The van der Waals surface area contributed by atoms with E-state index in [9.17, 15) is 4.79 Å². The number of aromatic carboxylic acids is 1. The van der Waals surface area contributed by atoms with Crippen LogP contribution in [-0.2, 0) is 0 Å². The Kier molecular flexibility index (Phi) is 4.40. The van der Waals surface area contributed by atoms with Crippen LogP contribution >= 0.6 is 11.8 Å². The molecule has 94 valence electrons. The van der Waals surface area contributed by atoms with Crippen LogP contribution in [0.5, 0.6) is 0 Å². The number of thioether (sulfide) groups is 1. The summed E-state index contributed by atoms with van der Waals surface area (Å²) in [5.41, 5.74) is 0.973. The van der Waals surface area contributed by atoms with Crippen molar-refractivity contribution in [2.45, 2.75) is 25.5 Å². The second-order valence-corrected chi connectivity index (χ2v) is 5.99. The third kappa shape index (κ3) is 3.63. The quantitative estimate of drug-likeness (QED) is 0.845. The summed E-state index contributed by atoms with van der Waals surface area (Å²) in [5.74, 6) is -0.500. The zero-order valence-corrected chi connectivity index (χ0v) is 11.4. The molecule has 0 aliphatic carbocycles. The lowest BCUT2D eigenvalue weighted by molar-refractivity contribution is 0.0697. The normalized spacial score (nSPS) is 11.3. The highest BCUT2D eigenvalue weighted by molar-refractivity contribution is 7.99. The van der Waals surface area contributed by atoms with Crippen molar-refractivity contribution in [2.75, 3.05) is 18.1 Å². The van der Waals surface area contributed by atoms with Crippen molar-refractivity contribution in [3.63, 3.8) is 0 Å². The Morgan fingerprint density at radius 2 is 2.24 bits per heavy atom. The number of carboxylic acid groups (broad SMARTS) is 1. The summed E-state index contributed by atoms with van der Waals surface area (Å²) in [6, 6.07) is 1.70. The van der Waals surface area contributed by atoms with Crippen LogP contribution in [0.15, 0.2) is 12.3 Å². The van der Waals surface area contributed by atoms with Gasteiger partial charge in [-0.05, 0) is 38.7 Å². The Bertz CT molecular complexity index is 419. The van der Waals surface area contributed by atoms with E-state index >= 15 is 0 Å². The Hall–Kier alpha value is -1.23. The summed E-state index contributed by atoms with van der Waals surface area (Å²) in [5, 5.41) is 12.3. The molecule has 0 bridgehead atoms. The first kappa shape index (κ1) is 13.8. The fourth-order valence-electron chi connectivity index (χ4n) is 1.33. The van der Waals surface area contributed by atoms with Gasteiger partial charge in [0.15, 0.2) is 0 Å². The fourth-order valence-corrected chi connectivity index (χ4v) is 1.55. The molecule has 0 radical (unpaired) electrons. The first-order chi connectivity index (χ1) is 7.87. The van der Waals surface area contributed by atoms with E-state index in [0.29, 0.717) is 12.4 Å². The number of hydrogen-bond donors (Lipinski definition) is 2. The van der Waals surface area contributed by atoms with Crippen molar-refractivity contribution < 1.29 is 9.90 Å². The molecule has 0 atom stereocenters. The van der Waals surface area contributed by atoms with E-state index in [1.54, 1.807) is 30.9 Å². The van der Waals surface area contributed by atoms with E-state index in [-0.39, 0.29) is 10.3 Å². The van der Waals surface area contributed by atoms with Crippen LogP contribution in [0.2, 0.25) is 0 Å². The minimum absolute atomic E-state index is 0.0429. The molecule has 0 spiro atoms. The highest BCUT2D eigenvalue weighted by atomic mass is 32.2. The molecule has 1 aromatic rings. The van der Waals surface area contributed by atoms with Crippen molar-refractivity contribution in [2.24, 2.45) is 0 Å². The molecule has 0 unspecified atom stereocenters. The number of aromatic nitrogens is 1. The third-order valence-electron chi connectivity index (χ3n) is 2.61. The molecule has 0 saturated carbocycles. The van der Waals surface area contributed by atoms with E-state index in [1.165, 1.54) is 0 Å². The Labute approximate surface area is 106 Å². The fraction of sp³-hybridized carbons (Fsp3) is 0.500. The maximum Gasteiger partial charge on any atom is 0.339 e. The molecule has 0 fully saturated rings. The predicted octanol–water partition coefficient (Wildman–Crippen LogP) is 2.64. The van der Waals surface area contributed by atoms with Crippen LogP contribution in [0, 0.1) is 6.92 Å². The highest BCUT2D eigenvalue weighted by Crippen LogP contribution is 2.23. The van der Waals surface area contributed by atoms with E-state index in [0.717, 1.165) is 5.56 Å². The third-order valence-corrected chi connectivity index (χ3v) is 3.86. The van der Waals surface area contributed by atoms with E-state index < -0.39 is 5.97 Å². The van der Waals surface area contributed by atoms with Crippen LogP contribution in [-0.4, -0.2) is 33.6 Å². The number of rotatable bonds is 5. The Morgan fingerprint density at radius 1 is 1.59 bits per heavy atom. The van der Waals surface area contributed by atoms with Gasteiger partial charge in [0.05, 0.1) is 0 Å². The van der Waals surface area contributed by atoms with Crippen LogP contribution in [0.4, 0.5) is 5.82 Å². The minimum atomic E-state index is -0.944. The second kappa shape index (κ2) is 5.40.